The number of carbonyl (C=O) groups is 2. The molecular weight excluding hydrogens is 446 g/mol. The van der Waals surface area contributed by atoms with Crippen molar-refractivity contribution in [3.63, 3.8) is 0 Å². The molecule has 0 spiro atoms. The molecule has 0 unspecified atom stereocenters. The number of rotatable bonds is 6. The second-order valence-electron chi connectivity index (χ2n) is 8.07. The Morgan fingerprint density at radius 1 is 1.00 bits per heavy atom. The lowest BCUT2D eigenvalue weighted by molar-refractivity contribution is -0.122. The molecule has 5 rings (SSSR count). The zero-order valence-electron chi connectivity index (χ0n) is 18.6. The summed E-state index contributed by atoms with van der Waals surface area (Å²) in [5.74, 6) is 0.110. The van der Waals surface area contributed by atoms with Gasteiger partial charge in [0.2, 0.25) is 11.8 Å². The minimum atomic E-state index is -0.402. The minimum absolute atomic E-state index is 0.0570. The predicted molar refractivity (Wildman–Crippen MR) is 135 cm³/mol. The maximum atomic E-state index is 12.8. The average molecular weight is 470 g/mol. The lowest BCUT2D eigenvalue weighted by atomic mass is 10.1. The van der Waals surface area contributed by atoms with E-state index < -0.39 is 5.92 Å². The van der Waals surface area contributed by atoms with Gasteiger partial charge >= 0.3 is 0 Å². The summed E-state index contributed by atoms with van der Waals surface area (Å²) in [6.45, 7) is 0.357. The van der Waals surface area contributed by atoms with Gasteiger partial charge < -0.3 is 15.0 Å². The standard InChI is InChI=1S/C27H23N3O3S/c1-33-23-13-11-22(12-14-23)30-16-20(15-25(30)31)26(32)28-21-9-7-18(8-10-21)24-17-34-27(29-24)19-5-3-2-4-6-19/h2-14,17,20H,15-16H2,1H3,(H,28,32)/t20-/m0/s1. The maximum absolute atomic E-state index is 12.8. The summed E-state index contributed by atoms with van der Waals surface area (Å²) in [7, 11) is 1.60. The van der Waals surface area contributed by atoms with E-state index in [9.17, 15) is 9.59 Å². The smallest absolute Gasteiger partial charge is 0.229 e. The van der Waals surface area contributed by atoms with E-state index in [4.69, 9.17) is 9.72 Å². The zero-order valence-corrected chi connectivity index (χ0v) is 19.4. The summed E-state index contributed by atoms with van der Waals surface area (Å²) >= 11 is 1.61. The molecule has 1 aliphatic heterocycles. The van der Waals surface area contributed by atoms with E-state index in [1.54, 1.807) is 23.3 Å². The van der Waals surface area contributed by atoms with Crippen LogP contribution in [0.1, 0.15) is 6.42 Å². The number of anilines is 2. The van der Waals surface area contributed by atoms with E-state index >= 15 is 0 Å². The van der Waals surface area contributed by atoms with Gasteiger partial charge in [-0.25, -0.2) is 4.98 Å². The predicted octanol–water partition coefficient (Wildman–Crippen LogP) is 5.48. The van der Waals surface area contributed by atoms with Crippen LogP contribution in [0.25, 0.3) is 21.8 Å². The lowest BCUT2D eigenvalue weighted by Gasteiger charge is -2.17. The first-order valence-electron chi connectivity index (χ1n) is 11.0. The van der Waals surface area contributed by atoms with Crippen LogP contribution in [0.5, 0.6) is 5.75 Å². The molecule has 2 amide bonds. The molecule has 0 aliphatic carbocycles. The zero-order chi connectivity index (χ0) is 23.5. The van der Waals surface area contributed by atoms with Crippen LogP contribution in [0.3, 0.4) is 0 Å². The summed E-state index contributed by atoms with van der Waals surface area (Å²) in [6, 6.07) is 25.0. The first kappa shape index (κ1) is 21.9. The summed E-state index contributed by atoms with van der Waals surface area (Å²) in [4.78, 5) is 31.7. The van der Waals surface area contributed by atoms with E-state index in [-0.39, 0.29) is 18.2 Å². The molecule has 34 heavy (non-hydrogen) atoms. The molecule has 1 aromatic heterocycles. The Hall–Kier alpha value is -3.97. The van der Waals surface area contributed by atoms with Gasteiger partial charge in [0.05, 0.1) is 18.7 Å². The van der Waals surface area contributed by atoms with Crippen LogP contribution in [0.15, 0.2) is 84.2 Å². The van der Waals surface area contributed by atoms with Gasteiger partial charge in [0, 0.05) is 40.8 Å². The molecular formula is C27H23N3O3S. The van der Waals surface area contributed by atoms with Crippen molar-refractivity contribution in [3.8, 4) is 27.6 Å². The van der Waals surface area contributed by atoms with Crippen LogP contribution in [0.4, 0.5) is 11.4 Å². The molecule has 4 aromatic rings. The number of carbonyl (C=O) groups excluding carboxylic acids is 2. The first-order chi connectivity index (χ1) is 16.6. The Bertz CT molecular complexity index is 1300. The van der Waals surface area contributed by atoms with Crippen molar-refractivity contribution in [1.82, 2.24) is 4.98 Å². The van der Waals surface area contributed by atoms with Crippen molar-refractivity contribution in [3.05, 3.63) is 84.2 Å². The monoisotopic (exact) mass is 469 g/mol. The SMILES string of the molecule is COc1ccc(N2C[C@@H](C(=O)Nc3ccc(-c4csc(-c5ccccc5)n4)cc3)CC2=O)cc1. The van der Waals surface area contributed by atoms with Gasteiger partial charge in [-0.3, -0.25) is 9.59 Å². The Labute approximate surface area is 201 Å². The fourth-order valence-electron chi connectivity index (χ4n) is 3.98. The maximum Gasteiger partial charge on any atom is 0.229 e. The van der Waals surface area contributed by atoms with Crippen molar-refractivity contribution in [2.24, 2.45) is 5.92 Å². The van der Waals surface area contributed by atoms with Gasteiger partial charge in [-0.05, 0) is 36.4 Å². The summed E-state index contributed by atoms with van der Waals surface area (Å²) in [6.07, 6.45) is 0.192. The van der Waals surface area contributed by atoms with E-state index in [0.29, 0.717) is 12.2 Å². The summed E-state index contributed by atoms with van der Waals surface area (Å²) in [5.41, 5.74) is 4.44. The lowest BCUT2D eigenvalue weighted by Crippen LogP contribution is -2.28. The highest BCUT2D eigenvalue weighted by atomic mass is 32.1. The van der Waals surface area contributed by atoms with Crippen molar-refractivity contribution in [2.75, 3.05) is 23.9 Å². The van der Waals surface area contributed by atoms with Crippen molar-refractivity contribution in [1.29, 1.82) is 0 Å². The highest BCUT2D eigenvalue weighted by molar-refractivity contribution is 7.13. The Balaban J connectivity index is 1.22. The highest BCUT2D eigenvalue weighted by Gasteiger charge is 2.35. The molecule has 2 heterocycles. The second kappa shape index (κ2) is 9.49. The highest BCUT2D eigenvalue weighted by Crippen LogP contribution is 2.30. The fraction of sp³-hybridized carbons (Fsp3) is 0.148. The van der Waals surface area contributed by atoms with Crippen LogP contribution in [0.2, 0.25) is 0 Å². The number of aromatic nitrogens is 1. The van der Waals surface area contributed by atoms with Crippen LogP contribution in [0, 0.1) is 5.92 Å². The van der Waals surface area contributed by atoms with E-state index in [2.05, 4.69) is 5.32 Å². The number of ether oxygens (including phenoxy) is 1. The second-order valence-corrected chi connectivity index (χ2v) is 8.93. The molecule has 0 saturated carbocycles. The number of nitrogens with one attached hydrogen (secondary N) is 1. The molecule has 0 bridgehead atoms. The molecule has 1 N–H and O–H groups in total. The number of hydrogen-bond donors (Lipinski definition) is 1. The largest absolute Gasteiger partial charge is 0.497 e. The van der Waals surface area contributed by atoms with Gasteiger partial charge in [0.25, 0.3) is 0 Å². The molecule has 1 atom stereocenters. The Morgan fingerprint density at radius 2 is 1.74 bits per heavy atom. The van der Waals surface area contributed by atoms with E-state index in [1.165, 1.54) is 0 Å². The summed E-state index contributed by atoms with van der Waals surface area (Å²) in [5, 5.41) is 5.96. The van der Waals surface area contributed by atoms with Crippen LogP contribution in [-0.2, 0) is 9.59 Å². The number of thiazole rings is 1. The summed E-state index contributed by atoms with van der Waals surface area (Å²) < 4.78 is 5.17. The van der Waals surface area contributed by atoms with Gasteiger partial charge in [0.15, 0.2) is 0 Å². The van der Waals surface area contributed by atoms with Crippen molar-refractivity contribution < 1.29 is 14.3 Å². The molecule has 170 valence electrons. The third-order valence-corrected chi connectivity index (χ3v) is 6.74. The fourth-order valence-corrected chi connectivity index (χ4v) is 4.82. The van der Waals surface area contributed by atoms with Gasteiger partial charge in [-0.2, -0.15) is 0 Å². The third-order valence-electron chi connectivity index (χ3n) is 5.85. The van der Waals surface area contributed by atoms with Crippen LogP contribution >= 0.6 is 11.3 Å². The van der Waals surface area contributed by atoms with Crippen LogP contribution < -0.4 is 15.0 Å². The van der Waals surface area contributed by atoms with E-state index in [1.807, 2.05) is 84.2 Å². The van der Waals surface area contributed by atoms with Crippen molar-refractivity contribution >= 4 is 34.5 Å². The van der Waals surface area contributed by atoms with Crippen LogP contribution in [-0.4, -0.2) is 30.5 Å². The topological polar surface area (TPSA) is 71.5 Å². The number of hydrogen-bond acceptors (Lipinski definition) is 5. The van der Waals surface area contributed by atoms with E-state index in [0.717, 1.165) is 33.3 Å². The molecule has 3 aromatic carbocycles. The molecule has 1 fully saturated rings. The normalized spacial score (nSPS) is 15.4. The van der Waals surface area contributed by atoms with Gasteiger partial charge in [-0.15, -0.1) is 11.3 Å². The Morgan fingerprint density at radius 3 is 2.44 bits per heavy atom. The number of methoxy groups -OCH3 is 1. The molecule has 1 aliphatic rings. The minimum Gasteiger partial charge on any atom is -0.497 e. The van der Waals surface area contributed by atoms with Gasteiger partial charge in [0.1, 0.15) is 10.8 Å². The average Bonchev–Trinajstić information content (AvgIpc) is 3.53. The quantitative estimate of drug-likeness (QED) is 0.406. The number of nitrogens with zero attached hydrogens (tertiary/aromatic N) is 2. The number of benzene rings is 3. The third kappa shape index (κ3) is 4.56. The molecule has 1 saturated heterocycles. The van der Waals surface area contributed by atoms with Crippen molar-refractivity contribution in [2.45, 2.75) is 6.42 Å². The molecule has 6 nitrogen and oxygen atoms in total. The first-order valence-corrected chi connectivity index (χ1v) is 11.9. The van der Waals surface area contributed by atoms with Gasteiger partial charge in [-0.1, -0.05) is 42.5 Å². The molecule has 7 heteroatoms. The number of amides is 2. The molecule has 0 radical (unpaired) electrons. The Kier molecular flexibility index (Phi) is 6.10.